The molecule has 0 aliphatic carbocycles. The second-order valence-corrected chi connectivity index (χ2v) is 3.47. The second kappa shape index (κ2) is 5.95. The van der Waals surface area contributed by atoms with Crippen molar-refractivity contribution in [1.29, 1.82) is 10.5 Å². The van der Waals surface area contributed by atoms with Crippen molar-refractivity contribution in [2.75, 3.05) is 18.0 Å². The molecule has 1 heterocycles. The first kappa shape index (κ1) is 12.3. The number of aromatic nitrogens is 1. The van der Waals surface area contributed by atoms with Gasteiger partial charge in [-0.1, -0.05) is 11.6 Å². The molecule has 0 spiro atoms. The highest BCUT2D eigenvalue weighted by Gasteiger charge is 2.12. The van der Waals surface area contributed by atoms with Crippen LogP contribution in [0.2, 0.25) is 5.02 Å². The maximum atomic E-state index is 8.84. The Kier molecular flexibility index (Phi) is 4.57. The Hall–Kier alpha value is -1.78. The second-order valence-electron chi connectivity index (χ2n) is 3.10. The maximum absolute atomic E-state index is 8.84. The van der Waals surface area contributed by atoms with Crippen molar-refractivity contribution in [3.63, 3.8) is 0 Å². The van der Waals surface area contributed by atoms with E-state index in [0.29, 0.717) is 35.9 Å². The molecule has 0 bridgehead atoms. The quantitative estimate of drug-likeness (QED) is 0.802. The number of anilines is 1. The Bertz CT molecular complexity index is 444. The minimum Gasteiger partial charge on any atom is -0.355 e. The largest absolute Gasteiger partial charge is 0.355 e. The van der Waals surface area contributed by atoms with E-state index in [-0.39, 0.29) is 0 Å². The fraction of sp³-hybridized carbons (Fsp3) is 0.364. The molecule has 0 aliphatic rings. The van der Waals surface area contributed by atoms with Gasteiger partial charge in [0.05, 0.1) is 18.1 Å². The van der Waals surface area contributed by atoms with Crippen molar-refractivity contribution >= 4 is 17.4 Å². The number of pyridine rings is 1. The third-order valence-corrected chi connectivity index (χ3v) is 2.54. The van der Waals surface area contributed by atoms with Gasteiger partial charge in [0.2, 0.25) is 0 Å². The van der Waals surface area contributed by atoms with Gasteiger partial charge < -0.3 is 4.90 Å². The molecule has 4 nitrogen and oxygen atoms in total. The van der Waals surface area contributed by atoms with E-state index in [1.165, 1.54) is 0 Å². The lowest BCUT2D eigenvalue weighted by Gasteiger charge is -2.21. The van der Waals surface area contributed by atoms with Gasteiger partial charge in [-0.3, -0.25) is 0 Å². The van der Waals surface area contributed by atoms with Gasteiger partial charge >= 0.3 is 0 Å². The van der Waals surface area contributed by atoms with Crippen molar-refractivity contribution in [2.24, 2.45) is 0 Å². The molecule has 0 fully saturated rings. The lowest BCUT2D eigenvalue weighted by atomic mass is 10.2. The summed E-state index contributed by atoms with van der Waals surface area (Å²) in [6.07, 6.45) is 1.96. The molecule has 0 amide bonds. The van der Waals surface area contributed by atoms with Crippen LogP contribution in [-0.2, 0) is 0 Å². The standard InChI is InChI=1S/C11H11ClN4/c1-2-16(7-3-5-13)11-10(12)9(8-14)4-6-15-11/h4,6H,2-3,7H2,1H3. The molecule has 0 aromatic carbocycles. The average Bonchev–Trinajstić information content (AvgIpc) is 2.32. The summed E-state index contributed by atoms with van der Waals surface area (Å²) in [6, 6.07) is 5.65. The van der Waals surface area contributed by atoms with E-state index in [9.17, 15) is 0 Å². The lowest BCUT2D eigenvalue weighted by Crippen LogP contribution is -2.25. The van der Waals surface area contributed by atoms with Crippen LogP contribution in [0.5, 0.6) is 0 Å². The van der Waals surface area contributed by atoms with Gasteiger partial charge in [0.1, 0.15) is 16.9 Å². The predicted octanol–water partition coefficient (Wildman–Crippen LogP) is 2.35. The smallest absolute Gasteiger partial charge is 0.148 e. The van der Waals surface area contributed by atoms with Crippen molar-refractivity contribution in [3.8, 4) is 12.1 Å². The summed E-state index contributed by atoms with van der Waals surface area (Å²) in [6.45, 7) is 3.21. The van der Waals surface area contributed by atoms with Gasteiger partial charge in [-0.25, -0.2) is 4.98 Å². The van der Waals surface area contributed by atoms with E-state index in [0.717, 1.165) is 0 Å². The molecule has 16 heavy (non-hydrogen) atoms. The summed E-state index contributed by atoms with van der Waals surface area (Å²) >= 11 is 6.05. The molecule has 1 rings (SSSR count). The van der Waals surface area contributed by atoms with Crippen LogP contribution in [0.4, 0.5) is 5.82 Å². The molecule has 5 heteroatoms. The van der Waals surface area contributed by atoms with Gasteiger partial charge in [0.25, 0.3) is 0 Å². The van der Waals surface area contributed by atoms with Crippen LogP contribution in [0.15, 0.2) is 12.3 Å². The van der Waals surface area contributed by atoms with Crippen LogP contribution in [0.3, 0.4) is 0 Å². The molecule has 0 aliphatic heterocycles. The molecular formula is C11H11ClN4. The third-order valence-electron chi connectivity index (χ3n) is 2.17. The first-order valence-corrected chi connectivity index (χ1v) is 5.28. The molecule has 0 atom stereocenters. The monoisotopic (exact) mass is 234 g/mol. The van der Waals surface area contributed by atoms with E-state index >= 15 is 0 Å². The van der Waals surface area contributed by atoms with E-state index in [1.54, 1.807) is 12.3 Å². The number of rotatable bonds is 4. The highest BCUT2D eigenvalue weighted by Crippen LogP contribution is 2.26. The minimum absolute atomic E-state index is 0.352. The van der Waals surface area contributed by atoms with Gasteiger partial charge in [-0.2, -0.15) is 10.5 Å². The zero-order valence-corrected chi connectivity index (χ0v) is 9.70. The molecule has 82 valence electrons. The first-order valence-electron chi connectivity index (χ1n) is 4.91. The van der Waals surface area contributed by atoms with E-state index in [2.05, 4.69) is 11.1 Å². The highest BCUT2D eigenvalue weighted by molar-refractivity contribution is 6.34. The molecule has 1 aromatic heterocycles. The third kappa shape index (κ3) is 2.62. The molecule has 1 aromatic rings. The summed E-state index contributed by atoms with van der Waals surface area (Å²) < 4.78 is 0. The van der Waals surface area contributed by atoms with Crippen LogP contribution in [0.25, 0.3) is 0 Å². The summed E-state index contributed by atoms with van der Waals surface area (Å²) in [4.78, 5) is 6.03. The van der Waals surface area contributed by atoms with Crippen molar-refractivity contribution < 1.29 is 0 Å². The van der Waals surface area contributed by atoms with Crippen LogP contribution in [0, 0.1) is 22.7 Å². The summed E-state index contributed by atoms with van der Waals surface area (Å²) in [5, 5.41) is 17.7. The van der Waals surface area contributed by atoms with E-state index in [1.807, 2.05) is 17.9 Å². The topological polar surface area (TPSA) is 63.7 Å². The number of hydrogen-bond donors (Lipinski definition) is 0. The normalized spacial score (nSPS) is 9.25. The van der Waals surface area contributed by atoms with Gasteiger partial charge in [-0.05, 0) is 13.0 Å². The maximum Gasteiger partial charge on any atom is 0.148 e. The molecule has 0 radical (unpaired) electrons. The SMILES string of the molecule is CCN(CCC#N)c1nccc(C#N)c1Cl. The van der Waals surface area contributed by atoms with Crippen LogP contribution in [0.1, 0.15) is 18.9 Å². The van der Waals surface area contributed by atoms with Crippen LogP contribution >= 0.6 is 11.6 Å². The van der Waals surface area contributed by atoms with E-state index < -0.39 is 0 Å². The Morgan fingerprint density at radius 2 is 2.25 bits per heavy atom. The summed E-state index contributed by atoms with van der Waals surface area (Å²) in [5.41, 5.74) is 0.405. The fourth-order valence-electron chi connectivity index (χ4n) is 1.34. The van der Waals surface area contributed by atoms with Crippen LogP contribution in [-0.4, -0.2) is 18.1 Å². The fourth-order valence-corrected chi connectivity index (χ4v) is 1.61. The van der Waals surface area contributed by atoms with Crippen molar-refractivity contribution in [2.45, 2.75) is 13.3 Å². The Balaban J connectivity index is 3.02. The van der Waals surface area contributed by atoms with Gasteiger partial charge in [-0.15, -0.1) is 0 Å². The lowest BCUT2D eigenvalue weighted by molar-refractivity contribution is 0.811. The summed E-state index contributed by atoms with van der Waals surface area (Å²) in [7, 11) is 0. The molecule has 0 saturated carbocycles. The molecule has 0 N–H and O–H groups in total. The Labute approximate surface area is 99.7 Å². The van der Waals surface area contributed by atoms with E-state index in [4.69, 9.17) is 22.1 Å². The van der Waals surface area contributed by atoms with Crippen LogP contribution < -0.4 is 4.90 Å². The van der Waals surface area contributed by atoms with Gasteiger partial charge in [0, 0.05) is 19.3 Å². The number of nitrogens with zero attached hydrogens (tertiary/aromatic N) is 4. The van der Waals surface area contributed by atoms with Crippen molar-refractivity contribution in [3.05, 3.63) is 22.8 Å². The summed E-state index contributed by atoms with van der Waals surface area (Å²) in [5.74, 6) is 0.568. The Morgan fingerprint density at radius 1 is 1.50 bits per heavy atom. The highest BCUT2D eigenvalue weighted by atomic mass is 35.5. The average molecular weight is 235 g/mol. The zero-order chi connectivity index (χ0) is 12.0. The van der Waals surface area contributed by atoms with Gasteiger partial charge in [0.15, 0.2) is 0 Å². The first-order chi connectivity index (χ1) is 7.74. The predicted molar refractivity (Wildman–Crippen MR) is 62.1 cm³/mol. The number of nitriles is 2. The molecule has 0 saturated heterocycles. The Morgan fingerprint density at radius 3 is 2.81 bits per heavy atom. The van der Waals surface area contributed by atoms with Crippen molar-refractivity contribution in [1.82, 2.24) is 4.98 Å². The molecule has 0 unspecified atom stereocenters. The minimum atomic E-state index is 0.352. The number of halogens is 1. The zero-order valence-electron chi connectivity index (χ0n) is 8.94. The number of hydrogen-bond acceptors (Lipinski definition) is 4. The molecular weight excluding hydrogens is 224 g/mol.